The molecule has 3 N–H and O–H groups in total. The average Bonchev–Trinajstić information content (AvgIpc) is 3.23. The van der Waals surface area contributed by atoms with Gasteiger partial charge in [-0.25, -0.2) is 9.97 Å². The zero-order valence-electron chi connectivity index (χ0n) is 17.7. The quantitative estimate of drug-likeness (QED) is 0.389. The van der Waals surface area contributed by atoms with Gasteiger partial charge in [-0.05, 0) is 24.3 Å². The zero-order chi connectivity index (χ0) is 22.9. The summed E-state index contributed by atoms with van der Waals surface area (Å²) in [5, 5.41) is 4.16. The van der Waals surface area contributed by atoms with Crippen LogP contribution in [0.2, 0.25) is 5.02 Å². The molecule has 5 rings (SSSR count). The number of fused-ring (bicyclic) bond motifs is 1. The first kappa shape index (κ1) is 20.7. The second-order valence-electron chi connectivity index (χ2n) is 7.57. The summed E-state index contributed by atoms with van der Waals surface area (Å²) in [6.07, 6.45) is 5.31. The Hall–Kier alpha value is -4.23. The van der Waals surface area contributed by atoms with E-state index in [4.69, 9.17) is 17.3 Å². The predicted molar refractivity (Wildman–Crippen MR) is 131 cm³/mol. The molecule has 0 saturated heterocycles. The number of hydrogen-bond donors (Lipinski definition) is 2. The van der Waals surface area contributed by atoms with Crippen LogP contribution in [-0.4, -0.2) is 25.4 Å². The molecule has 0 bridgehead atoms. The summed E-state index contributed by atoms with van der Waals surface area (Å²) in [7, 11) is 1.87. The molecular formula is C25H19ClN6O. The number of nitrogen functional groups attached to an aromatic ring is 1. The van der Waals surface area contributed by atoms with Gasteiger partial charge < -0.3 is 15.6 Å². The molecule has 0 radical (unpaired) electrons. The number of nitrogens with zero attached hydrogens (tertiary/aromatic N) is 4. The molecule has 0 unspecified atom stereocenters. The Morgan fingerprint density at radius 1 is 1.00 bits per heavy atom. The number of benzene rings is 2. The number of pyridine rings is 1. The molecule has 0 aliphatic carbocycles. The first-order valence-corrected chi connectivity index (χ1v) is 10.6. The number of rotatable bonds is 4. The Morgan fingerprint density at radius 2 is 1.79 bits per heavy atom. The lowest BCUT2D eigenvalue weighted by Crippen LogP contribution is -2.18. The highest BCUT2D eigenvalue weighted by molar-refractivity contribution is 6.35. The summed E-state index contributed by atoms with van der Waals surface area (Å²) >= 11 is 6.54. The molecule has 0 atom stereocenters. The molecule has 33 heavy (non-hydrogen) atoms. The van der Waals surface area contributed by atoms with Crippen LogP contribution in [0.25, 0.3) is 33.4 Å². The molecule has 8 heteroatoms. The maximum atomic E-state index is 13.0. The smallest absolute Gasteiger partial charge is 0.278 e. The second-order valence-corrected chi connectivity index (χ2v) is 7.98. The van der Waals surface area contributed by atoms with E-state index in [-0.39, 0.29) is 11.5 Å². The van der Waals surface area contributed by atoms with Crippen molar-refractivity contribution >= 4 is 39.9 Å². The van der Waals surface area contributed by atoms with E-state index in [2.05, 4.69) is 20.3 Å². The number of amides is 1. The predicted octanol–water partition coefficient (Wildman–Crippen LogP) is 5.19. The number of halogens is 1. The van der Waals surface area contributed by atoms with Crippen molar-refractivity contribution in [3.05, 3.63) is 90.0 Å². The fourth-order valence-electron chi connectivity index (χ4n) is 3.67. The molecule has 0 spiro atoms. The first-order chi connectivity index (χ1) is 16.0. The largest absolute Gasteiger partial charge is 0.382 e. The van der Waals surface area contributed by atoms with Gasteiger partial charge in [-0.3, -0.25) is 9.78 Å². The third-order valence-corrected chi connectivity index (χ3v) is 5.49. The van der Waals surface area contributed by atoms with Crippen LogP contribution >= 0.6 is 11.6 Å². The molecule has 0 aliphatic rings. The third-order valence-electron chi connectivity index (χ3n) is 5.21. The van der Waals surface area contributed by atoms with Crippen molar-refractivity contribution in [1.29, 1.82) is 0 Å². The maximum Gasteiger partial charge on any atom is 0.278 e. The number of nitrogens with two attached hydrogens (primary N) is 1. The Labute approximate surface area is 194 Å². The van der Waals surface area contributed by atoms with Gasteiger partial charge in [-0.1, -0.05) is 48.0 Å². The van der Waals surface area contributed by atoms with Gasteiger partial charge in [-0.15, -0.1) is 0 Å². The van der Waals surface area contributed by atoms with Gasteiger partial charge in [0.05, 0.1) is 27.6 Å². The third kappa shape index (κ3) is 4.02. The number of aromatic nitrogens is 4. The van der Waals surface area contributed by atoms with Crippen molar-refractivity contribution in [3.8, 4) is 22.5 Å². The highest BCUT2D eigenvalue weighted by atomic mass is 35.5. The standard InChI is InChI=1S/C25H19ClN6O/c1-32-11-9-18(14-32)29-25(33)23-24(27)31-21(15-6-3-2-4-7-15)22(30-23)17-12-16-8-5-10-28-20(16)19(26)13-17/h2-14H,1H3,(H2,27,31)(H,29,33). The molecule has 3 aromatic heterocycles. The minimum absolute atomic E-state index is 0.0379. The van der Waals surface area contributed by atoms with Crippen LogP contribution in [0.15, 0.2) is 79.3 Å². The lowest BCUT2D eigenvalue weighted by molar-refractivity contribution is 0.102. The van der Waals surface area contributed by atoms with Gasteiger partial charge in [0.15, 0.2) is 11.5 Å². The average molecular weight is 455 g/mol. The van der Waals surface area contributed by atoms with Crippen molar-refractivity contribution < 1.29 is 4.79 Å². The van der Waals surface area contributed by atoms with E-state index in [0.717, 1.165) is 10.9 Å². The van der Waals surface area contributed by atoms with Gasteiger partial charge >= 0.3 is 0 Å². The monoisotopic (exact) mass is 454 g/mol. The molecule has 7 nitrogen and oxygen atoms in total. The van der Waals surface area contributed by atoms with E-state index in [9.17, 15) is 4.79 Å². The molecule has 3 heterocycles. The van der Waals surface area contributed by atoms with E-state index < -0.39 is 5.91 Å². The van der Waals surface area contributed by atoms with Gasteiger partial charge in [0.1, 0.15) is 0 Å². The van der Waals surface area contributed by atoms with Crippen molar-refractivity contribution in [2.75, 3.05) is 11.1 Å². The molecule has 0 aliphatic heterocycles. The Bertz CT molecular complexity index is 1500. The highest BCUT2D eigenvalue weighted by Crippen LogP contribution is 2.35. The van der Waals surface area contributed by atoms with Crippen LogP contribution < -0.4 is 11.1 Å². The number of carbonyl (C=O) groups excluding carboxylic acids is 1. The summed E-state index contributed by atoms with van der Waals surface area (Å²) in [4.78, 5) is 26.6. The number of hydrogen-bond acceptors (Lipinski definition) is 5. The number of carbonyl (C=O) groups is 1. The second kappa shape index (κ2) is 8.37. The lowest BCUT2D eigenvalue weighted by atomic mass is 10.0. The van der Waals surface area contributed by atoms with E-state index in [1.807, 2.05) is 66.3 Å². The van der Waals surface area contributed by atoms with Crippen LogP contribution in [0, 0.1) is 0 Å². The Morgan fingerprint density at radius 3 is 2.55 bits per heavy atom. The molecule has 162 valence electrons. The van der Waals surface area contributed by atoms with E-state index in [0.29, 0.717) is 33.2 Å². The van der Waals surface area contributed by atoms with E-state index in [1.165, 1.54) is 0 Å². The first-order valence-electron chi connectivity index (χ1n) is 10.2. The van der Waals surface area contributed by atoms with E-state index in [1.54, 1.807) is 24.5 Å². The molecule has 5 aromatic rings. The Balaban J connectivity index is 1.69. The summed E-state index contributed by atoms with van der Waals surface area (Å²) in [5.41, 5.74) is 10.2. The number of nitrogens with one attached hydrogen (secondary N) is 1. The van der Waals surface area contributed by atoms with Gasteiger partial charge in [0, 0.05) is 42.2 Å². The normalized spacial score (nSPS) is 11.0. The minimum Gasteiger partial charge on any atom is -0.382 e. The zero-order valence-corrected chi connectivity index (χ0v) is 18.4. The van der Waals surface area contributed by atoms with Gasteiger partial charge in [0.2, 0.25) is 0 Å². The fourth-order valence-corrected chi connectivity index (χ4v) is 3.94. The van der Waals surface area contributed by atoms with Crippen molar-refractivity contribution in [2.45, 2.75) is 0 Å². The van der Waals surface area contributed by atoms with Crippen LogP contribution in [0.1, 0.15) is 10.5 Å². The van der Waals surface area contributed by atoms with Gasteiger partial charge in [0.25, 0.3) is 5.91 Å². The van der Waals surface area contributed by atoms with Crippen molar-refractivity contribution in [1.82, 2.24) is 19.5 Å². The topological polar surface area (TPSA) is 98.7 Å². The van der Waals surface area contributed by atoms with E-state index >= 15 is 0 Å². The van der Waals surface area contributed by atoms with Crippen LogP contribution in [0.4, 0.5) is 11.5 Å². The minimum atomic E-state index is -0.444. The SMILES string of the molecule is Cn1ccc(NC(=O)c2nc(-c3cc(Cl)c4ncccc4c3)c(-c3ccccc3)nc2N)c1. The fraction of sp³-hybridized carbons (Fsp3) is 0.0400. The number of aryl methyl sites for hydroxylation is 1. The lowest BCUT2D eigenvalue weighted by Gasteiger charge is -2.14. The summed E-state index contributed by atoms with van der Waals surface area (Å²) in [6.45, 7) is 0. The molecule has 0 fully saturated rings. The molecule has 1 amide bonds. The molecule has 0 saturated carbocycles. The van der Waals surface area contributed by atoms with Crippen LogP contribution in [-0.2, 0) is 7.05 Å². The Kier molecular flexibility index (Phi) is 5.24. The van der Waals surface area contributed by atoms with Crippen LogP contribution in [0.5, 0.6) is 0 Å². The van der Waals surface area contributed by atoms with Crippen molar-refractivity contribution in [3.63, 3.8) is 0 Å². The maximum absolute atomic E-state index is 13.0. The summed E-state index contributed by atoms with van der Waals surface area (Å²) < 4.78 is 1.83. The van der Waals surface area contributed by atoms with Crippen molar-refractivity contribution in [2.24, 2.45) is 7.05 Å². The molecule has 2 aromatic carbocycles. The summed E-state index contributed by atoms with van der Waals surface area (Å²) in [5.74, 6) is -0.403. The highest BCUT2D eigenvalue weighted by Gasteiger charge is 2.21. The molecular weight excluding hydrogens is 436 g/mol. The number of anilines is 2. The van der Waals surface area contributed by atoms with Crippen LogP contribution in [0.3, 0.4) is 0 Å². The van der Waals surface area contributed by atoms with Gasteiger partial charge in [-0.2, -0.15) is 0 Å². The summed E-state index contributed by atoms with van der Waals surface area (Å²) in [6, 6.07) is 18.8.